The lowest BCUT2D eigenvalue weighted by Crippen LogP contribution is -2.25. The average Bonchev–Trinajstić information content (AvgIpc) is 3.32. The summed E-state index contributed by atoms with van der Waals surface area (Å²) in [6, 6.07) is 32.7. The first-order chi connectivity index (χ1) is 17.5. The first-order valence-electron chi connectivity index (χ1n) is 12.0. The van der Waals surface area contributed by atoms with Gasteiger partial charge in [-0.1, -0.05) is 84.9 Å². The topological polar surface area (TPSA) is 40.6 Å². The van der Waals surface area contributed by atoms with Crippen molar-refractivity contribution in [1.29, 1.82) is 0 Å². The standard InChI is InChI=1S/C32H22N2O2/c1-33-29(22-16-15-19-9-3-4-10-20(19)17-22)27-28(32(33)36)30(34(2)31(27)35)26-18-21-11-5-6-12-23(21)24-13-7-8-14-25(24)26/h3-18H,1-2H3. The van der Waals surface area contributed by atoms with E-state index in [2.05, 4.69) is 42.5 Å². The number of fused-ring (bicyclic) bond motifs is 5. The van der Waals surface area contributed by atoms with E-state index in [1.807, 2.05) is 54.6 Å². The third-order valence-electron chi connectivity index (χ3n) is 7.48. The lowest BCUT2D eigenvalue weighted by atomic mass is 9.93. The van der Waals surface area contributed by atoms with Gasteiger partial charge in [-0.3, -0.25) is 9.59 Å². The van der Waals surface area contributed by atoms with Crippen molar-refractivity contribution in [2.24, 2.45) is 0 Å². The van der Waals surface area contributed by atoms with E-state index < -0.39 is 0 Å². The Balaban J connectivity index is 1.54. The zero-order valence-corrected chi connectivity index (χ0v) is 19.9. The van der Waals surface area contributed by atoms with Crippen LogP contribution in [-0.2, 0) is 9.59 Å². The Bertz CT molecular complexity index is 1860. The largest absolute Gasteiger partial charge is 0.310 e. The van der Waals surface area contributed by atoms with Gasteiger partial charge in [0.05, 0.1) is 22.5 Å². The highest BCUT2D eigenvalue weighted by Crippen LogP contribution is 2.47. The van der Waals surface area contributed by atoms with Crippen LogP contribution in [0.2, 0.25) is 0 Å². The monoisotopic (exact) mass is 466 g/mol. The Morgan fingerprint density at radius 2 is 1.06 bits per heavy atom. The lowest BCUT2D eigenvalue weighted by Gasteiger charge is -2.21. The molecule has 0 unspecified atom stereocenters. The number of benzene rings is 5. The van der Waals surface area contributed by atoms with Crippen LogP contribution in [0.25, 0.3) is 43.7 Å². The average molecular weight is 467 g/mol. The molecule has 0 radical (unpaired) electrons. The first-order valence-corrected chi connectivity index (χ1v) is 12.0. The number of amides is 2. The van der Waals surface area contributed by atoms with Crippen molar-refractivity contribution >= 4 is 55.5 Å². The Labute approximate surface area is 208 Å². The molecule has 5 aromatic rings. The smallest absolute Gasteiger partial charge is 0.261 e. The van der Waals surface area contributed by atoms with Crippen LogP contribution in [0.3, 0.4) is 0 Å². The predicted octanol–water partition coefficient (Wildman–Crippen LogP) is 6.21. The quantitative estimate of drug-likeness (QED) is 0.290. The second kappa shape index (κ2) is 7.40. The number of carbonyl (C=O) groups is 2. The van der Waals surface area contributed by atoms with Crippen LogP contribution < -0.4 is 0 Å². The molecule has 36 heavy (non-hydrogen) atoms. The third kappa shape index (κ3) is 2.70. The summed E-state index contributed by atoms with van der Waals surface area (Å²) in [5.74, 6) is -0.309. The number of nitrogens with zero attached hydrogens (tertiary/aromatic N) is 2. The highest BCUT2D eigenvalue weighted by molar-refractivity contribution is 6.31. The molecule has 0 aliphatic carbocycles. The van der Waals surface area contributed by atoms with Crippen molar-refractivity contribution in [3.8, 4) is 0 Å². The van der Waals surface area contributed by atoms with Crippen molar-refractivity contribution in [3.05, 3.63) is 119 Å². The van der Waals surface area contributed by atoms with Crippen molar-refractivity contribution in [2.75, 3.05) is 14.1 Å². The second-order valence-electron chi connectivity index (χ2n) is 9.43. The van der Waals surface area contributed by atoms with Gasteiger partial charge in [0.15, 0.2) is 0 Å². The van der Waals surface area contributed by atoms with Gasteiger partial charge in [-0.15, -0.1) is 0 Å². The number of likely N-dealkylation sites (N-methyl/N-ethyl adjacent to an activating group) is 2. The van der Waals surface area contributed by atoms with Gasteiger partial charge in [-0.2, -0.15) is 0 Å². The number of rotatable bonds is 2. The summed E-state index contributed by atoms with van der Waals surface area (Å²) in [7, 11) is 3.53. The van der Waals surface area contributed by atoms with Crippen molar-refractivity contribution in [1.82, 2.24) is 9.80 Å². The molecule has 0 spiro atoms. The van der Waals surface area contributed by atoms with Gasteiger partial charge < -0.3 is 9.80 Å². The zero-order valence-electron chi connectivity index (χ0n) is 19.9. The van der Waals surface area contributed by atoms with Gasteiger partial charge in [0.25, 0.3) is 11.8 Å². The van der Waals surface area contributed by atoms with Crippen LogP contribution in [0.15, 0.2) is 108 Å². The summed E-state index contributed by atoms with van der Waals surface area (Å²) in [6.07, 6.45) is 0. The van der Waals surface area contributed by atoms with E-state index in [4.69, 9.17) is 0 Å². The molecule has 0 N–H and O–H groups in total. The molecule has 2 heterocycles. The fraction of sp³-hybridized carbons (Fsp3) is 0.0625. The van der Waals surface area contributed by atoms with E-state index in [1.165, 1.54) is 0 Å². The third-order valence-corrected chi connectivity index (χ3v) is 7.48. The minimum absolute atomic E-state index is 0.155. The van der Waals surface area contributed by atoms with Crippen LogP contribution in [0.5, 0.6) is 0 Å². The van der Waals surface area contributed by atoms with E-state index in [-0.39, 0.29) is 11.8 Å². The fourth-order valence-electron chi connectivity index (χ4n) is 5.77. The van der Waals surface area contributed by atoms with Gasteiger partial charge in [0, 0.05) is 19.7 Å². The van der Waals surface area contributed by atoms with Crippen molar-refractivity contribution in [2.45, 2.75) is 0 Å². The molecule has 0 fully saturated rings. The van der Waals surface area contributed by atoms with Crippen LogP contribution in [0.1, 0.15) is 11.1 Å². The molecule has 2 amide bonds. The normalized spacial score (nSPS) is 15.8. The molecular formula is C32H22N2O2. The summed E-state index contributed by atoms with van der Waals surface area (Å²) in [5, 5.41) is 6.54. The summed E-state index contributed by atoms with van der Waals surface area (Å²) in [4.78, 5) is 30.8. The number of carbonyl (C=O) groups excluding carboxylic acids is 2. The Morgan fingerprint density at radius 3 is 1.81 bits per heavy atom. The highest BCUT2D eigenvalue weighted by Gasteiger charge is 2.46. The van der Waals surface area contributed by atoms with Gasteiger partial charge in [0.2, 0.25) is 0 Å². The van der Waals surface area contributed by atoms with E-state index >= 15 is 0 Å². The Hall–Kier alpha value is -4.70. The van der Waals surface area contributed by atoms with Crippen molar-refractivity contribution < 1.29 is 9.59 Å². The number of hydrogen-bond acceptors (Lipinski definition) is 2. The van der Waals surface area contributed by atoms with Gasteiger partial charge >= 0.3 is 0 Å². The summed E-state index contributed by atoms with van der Waals surface area (Å²) < 4.78 is 0. The molecule has 2 aliphatic rings. The SMILES string of the molecule is CN1C(=O)C2=C(c3cc4ccccc4c4ccccc34)N(C)C(=O)C2=C1c1ccc2ccccc2c1. The molecular weight excluding hydrogens is 444 g/mol. The van der Waals surface area contributed by atoms with Gasteiger partial charge in [-0.05, 0) is 50.0 Å². The zero-order chi connectivity index (χ0) is 24.6. The first kappa shape index (κ1) is 20.7. The molecule has 0 atom stereocenters. The molecule has 0 saturated carbocycles. The maximum atomic E-state index is 13.8. The minimum atomic E-state index is -0.155. The van der Waals surface area contributed by atoms with E-state index in [1.54, 1.807) is 23.9 Å². The van der Waals surface area contributed by atoms with Crippen LogP contribution in [-0.4, -0.2) is 35.7 Å². The van der Waals surface area contributed by atoms with Gasteiger partial charge in [-0.25, -0.2) is 0 Å². The maximum absolute atomic E-state index is 13.8. The summed E-state index contributed by atoms with van der Waals surface area (Å²) in [6.45, 7) is 0. The van der Waals surface area contributed by atoms with Crippen LogP contribution >= 0.6 is 0 Å². The van der Waals surface area contributed by atoms with Gasteiger partial charge in [0.1, 0.15) is 0 Å². The molecule has 0 saturated heterocycles. The summed E-state index contributed by atoms with van der Waals surface area (Å²) in [5.41, 5.74) is 4.05. The minimum Gasteiger partial charge on any atom is -0.310 e. The molecule has 7 rings (SSSR count). The lowest BCUT2D eigenvalue weighted by molar-refractivity contribution is -0.123. The van der Waals surface area contributed by atoms with Crippen molar-refractivity contribution in [3.63, 3.8) is 0 Å². The predicted molar refractivity (Wildman–Crippen MR) is 145 cm³/mol. The molecule has 4 nitrogen and oxygen atoms in total. The second-order valence-corrected chi connectivity index (χ2v) is 9.43. The molecule has 5 aromatic carbocycles. The molecule has 2 aliphatic heterocycles. The van der Waals surface area contributed by atoms with Crippen LogP contribution in [0, 0.1) is 0 Å². The molecule has 0 bridgehead atoms. The van der Waals surface area contributed by atoms with Crippen LogP contribution in [0.4, 0.5) is 0 Å². The fourth-order valence-corrected chi connectivity index (χ4v) is 5.77. The van der Waals surface area contributed by atoms with E-state index in [9.17, 15) is 9.59 Å². The summed E-state index contributed by atoms with van der Waals surface area (Å²) >= 11 is 0. The Morgan fingerprint density at radius 1 is 0.500 bits per heavy atom. The Kier molecular flexibility index (Phi) is 4.24. The maximum Gasteiger partial charge on any atom is 0.261 e. The molecule has 0 aromatic heterocycles. The van der Waals surface area contributed by atoms with E-state index in [0.29, 0.717) is 22.5 Å². The molecule has 4 heteroatoms. The number of hydrogen-bond donors (Lipinski definition) is 0. The molecule has 172 valence electrons. The highest BCUT2D eigenvalue weighted by atomic mass is 16.2. The van der Waals surface area contributed by atoms with E-state index in [0.717, 1.165) is 43.4 Å².